The first-order valence-corrected chi connectivity index (χ1v) is 7.67. The fourth-order valence-electron chi connectivity index (χ4n) is 4.03. The van der Waals surface area contributed by atoms with Crippen LogP contribution in [0.5, 0.6) is 0 Å². The van der Waals surface area contributed by atoms with E-state index in [9.17, 15) is 0 Å². The van der Waals surface area contributed by atoms with Crippen molar-refractivity contribution in [2.75, 3.05) is 13.1 Å². The van der Waals surface area contributed by atoms with Crippen LogP contribution in [-0.2, 0) is 0 Å². The highest BCUT2D eigenvalue weighted by Crippen LogP contribution is 2.65. The maximum atomic E-state index is 3.73. The molecule has 2 atom stereocenters. The third-order valence-electron chi connectivity index (χ3n) is 5.73. The maximum absolute atomic E-state index is 3.73. The van der Waals surface area contributed by atoms with Gasteiger partial charge in [0.05, 0.1) is 0 Å². The van der Waals surface area contributed by atoms with Gasteiger partial charge >= 0.3 is 0 Å². The quantitative estimate of drug-likeness (QED) is 0.830. The molecule has 1 saturated carbocycles. The number of rotatable bonds is 3. The first-order chi connectivity index (χ1) is 8.18. The monoisotopic (exact) mass is 252 g/mol. The van der Waals surface area contributed by atoms with E-state index in [1.807, 2.05) is 0 Å². The van der Waals surface area contributed by atoms with Crippen LogP contribution in [-0.4, -0.2) is 36.1 Å². The van der Waals surface area contributed by atoms with E-state index in [4.69, 9.17) is 0 Å². The largest absolute Gasteiger partial charge is 0.311 e. The predicted molar refractivity (Wildman–Crippen MR) is 78.8 cm³/mol. The minimum Gasteiger partial charge on any atom is -0.311 e. The zero-order valence-electron chi connectivity index (χ0n) is 13.4. The molecule has 1 heterocycles. The summed E-state index contributed by atoms with van der Waals surface area (Å²) in [6.07, 6.45) is 1.30. The fraction of sp³-hybridized carbons (Fsp3) is 1.00. The summed E-state index contributed by atoms with van der Waals surface area (Å²) >= 11 is 0. The molecule has 0 aromatic rings. The van der Waals surface area contributed by atoms with Crippen molar-refractivity contribution >= 4 is 0 Å². The van der Waals surface area contributed by atoms with Crippen molar-refractivity contribution in [2.45, 2.75) is 73.0 Å². The van der Waals surface area contributed by atoms with Gasteiger partial charge in [-0.15, -0.1) is 0 Å². The summed E-state index contributed by atoms with van der Waals surface area (Å²) in [6.45, 7) is 19.2. The molecule has 0 bridgehead atoms. The molecule has 2 heteroatoms. The summed E-state index contributed by atoms with van der Waals surface area (Å²) in [6, 6.07) is 2.13. The van der Waals surface area contributed by atoms with Crippen LogP contribution in [0.25, 0.3) is 0 Å². The van der Waals surface area contributed by atoms with Crippen molar-refractivity contribution in [3.05, 3.63) is 0 Å². The topological polar surface area (TPSA) is 15.3 Å². The van der Waals surface area contributed by atoms with Gasteiger partial charge in [-0.2, -0.15) is 0 Å². The van der Waals surface area contributed by atoms with Crippen molar-refractivity contribution in [3.8, 4) is 0 Å². The van der Waals surface area contributed by atoms with Gasteiger partial charge in [-0.05, 0) is 30.1 Å². The molecule has 2 unspecified atom stereocenters. The normalized spacial score (nSPS) is 36.0. The van der Waals surface area contributed by atoms with Crippen LogP contribution in [0.15, 0.2) is 0 Å². The molecular weight excluding hydrogens is 220 g/mol. The van der Waals surface area contributed by atoms with E-state index in [0.717, 1.165) is 18.5 Å². The second kappa shape index (κ2) is 4.49. The van der Waals surface area contributed by atoms with E-state index < -0.39 is 0 Å². The fourth-order valence-corrected chi connectivity index (χ4v) is 4.03. The smallest absolute Gasteiger partial charge is 0.0213 e. The summed E-state index contributed by atoms with van der Waals surface area (Å²) < 4.78 is 0. The third kappa shape index (κ3) is 2.22. The molecule has 0 aromatic heterocycles. The van der Waals surface area contributed by atoms with E-state index in [0.29, 0.717) is 22.9 Å². The molecule has 18 heavy (non-hydrogen) atoms. The molecule has 106 valence electrons. The molecule has 1 aliphatic carbocycles. The van der Waals surface area contributed by atoms with Crippen LogP contribution >= 0.6 is 0 Å². The third-order valence-corrected chi connectivity index (χ3v) is 5.73. The van der Waals surface area contributed by atoms with Crippen LogP contribution in [0.3, 0.4) is 0 Å². The zero-order chi connectivity index (χ0) is 13.7. The first-order valence-electron chi connectivity index (χ1n) is 7.67. The summed E-state index contributed by atoms with van der Waals surface area (Å²) in [7, 11) is 0. The van der Waals surface area contributed by atoms with Crippen LogP contribution in [0.4, 0.5) is 0 Å². The Morgan fingerprint density at radius 1 is 1.17 bits per heavy atom. The Morgan fingerprint density at radius 3 is 2.17 bits per heavy atom. The highest BCUT2D eigenvalue weighted by molar-refractivity contribution is 5.19. The molecular formula is C16H32N2. The highest BCUT2D eigenvalue weighted by atomic mass is 15.3. The van der Waals surface area contributed by atoms with Gasteiger partial charge in [-0.25, -0.2) is 0 Å². The Hall–Kier alpha value is -0.0800. The molecule has 0 spiro atoms. The summed E-state index contributed by atoms with van der Waals surface area (Å²) in [5, 5.41) is 3.73. The molecule has 2 nitrogen and oxygen atoms in total. The van der Waals surface area contributed by atoms with E-state index >= 15 is 0 Å². The SMILES string of the molecule is CC(C)CC1CN(C2C(C)(C)C2(C)C)C(C)CN1. The molecule has 2 fully saturated rings. The lowest BCUT2D eigenvalue weighted by Gasteiger charge is -2.41. The lowest BCUT2D eigenvalue weighted by atomic mass is 9.99. The van der Waals surface area contributed by atoms with Gasteiger partial charge in [0.2, 0.25) is 0 Å². The second-order valence-corrected chi connectivity index (χ2v) is 8.13. The van der Waals surface area contributed by atoms with Gasteiger partial charge < -0.3 is 5.32 Å². The Morgan fingerprint density at radius 2 is 1.72 bits per heavy atom. The lowest BCUT2D eigenvalue weighted by molar-refractivity contribution is 0.104. The van der Waals surface area contributed by atoms with E-state index in [1.165, 1.54) is 13.0 Å². The van der Waals surface area contributed by atoms with Gasteiger partial charge in [0, 0.05) is 31.2 Å². The number of hydrogen-bond donors (Lipinski definition) is 1. The number of nitrogens with one attached hydrogen (secondary N) is 1. The van der Waals surface area contributed by atoms with Crippen molar-refractivity contribution in [3.63, 3.8) is 0 Å². The van der Waals surface area contributed by atoms with Gasteiger partial charge in [0.25, 0.3) is 0 Å². The van der Waals surface area contributed by atoms with Crippen molar-refractivity contribution in [1.82, 2.24) is 10.2 Å². The Labute approximate surface area is 114 Å². The molecule has 0 aromatic carbocycles. The van der Waals surface area contributed by atoms with E-state index in [2.05, 4.69) is 58.7 Å². The van der Waals surface area contributed by atoms with Crippen LogP contribution in [0, 0.1) is 16.7 Å². The first kappa shape index (κ1) is 14.3. The minimum atomic E-state index is 0.473. The average molecular weight is 252 g/mol. The lowest BCUT2D eigenvalue weighted by Crippen LogP contribution is -2.57. The zero-order valence-corrected chi connectivity index (χ0v) is 13.4. The Bertz CT molecular complexity index is 292. The molecule has 2 aliphatic rings. The number of piperazine rings is 1. The van der Waals surface area contributed by atoms with Gasteiger partial charge in [-0.1, -0.05) is 41.5 Å². The van der Waals surface area contributed by atoms with Crippen molar-refractivity contribution in [2.24, 2.45) is 16.7 Å². The standard InChI is InChI=1S/C16H32N2/c1-11(2)8-13-10-18(12(3)9-17-13)14-15(4,5)16(14,6)7/h11-14,17H,8-10H2,1-7H3. The summed E-state index contributed by atoms with van der Waals surface area (Å²) in [5.41, 5.74) is 0.946. The second-order valence-electron chi connectivity index (χ2n) is 8.13. The summed E-state index contributed by atoms with van der Waals surface area (Å²) in [5.74, 6) is 0.790. The van der Waals surface area contributed by atoms with Crippen molar-refractivity contribution < 1.29 is 0 Å². The average Bonchev–Trinajstić information content (AvgIpc) is 2.61. The van der Waals surface area contributed by atoms with Crippen molar-refractivity contribution in [1.29, 1.82) is 0 Å². The highest BCUT2D eigenvalue weighted by Gasteiger charge is 2.67. The van der Waals surface area contributed by atoms with Gasteiger partial charge in [0.15, 0.2) is 0 Å². The Kier molecular flexibility index (Phi) is 3.57. The maximum Gasteiger partial charge on any atom is 0.0213 e. The molecule has 1 N–H and O–H groups in total. The van der Waals surface area contributed by atoms with Crippen LogP contribution in [0.2, 0.25) is 0 Å². The summed E-state index contributed by atoms with van der Waals surface area (Å²) in [4.78, 5) is 2.78. The number of nitrogens with zero attached hydrogens (tertiary/aromatic N) is 1. The molecule has 0 amide bonds. The van der Waals surface area contributed by atoms with E-state index in [1.54, 1.807) is 0 Å². The van der Waals surface area contributed by atoms with Gasteiger partial charge in [-0.3, -0.25) is 4.90 Å². The number of hydrogen-bond acceptors (Lipinski definition) is 2. The van der Waals surface area contributed by atoms with Crippen LogP contribution in [0.1, 0.15) is 54.9 Å². The van der Waals surface area contributed by atoms with Crippen LogP contribution < -0.4 is 5.32 Å². The minimum absolute atomic E-state index is 0.473. The predicted octanol–water partition coefficient (Wildman–Crippen LogP) is 3.13. The molecule has 1 saturated heterocycles. The molecule has 0 radical (unpaired) electrons. The molecule has 1 aliphatic heterocycles. The van der Waals surface area contributed by atoms with E-state index in [-0.39, 0.29) is 0 Å². The van der Waals surface area contributed by atoms with Gasteiger partial charge in [0.1, 0.15) is 0 Å². The Balaban J connectivity index is 2.04. The molecule has 2 rings (SSSR count).